The van der Waals surface area contributed by atoms with Crippen LogP contribution in [0, 0.1) is 0 Å². The van der Waals surface area contributed by atoms with Crippen molar-refractivity contribution in [3.8, 4) is 0 Å². The van der Waals surface area contributed by atoms with Gasteiger partial charge in [0.25, 0.3) is 0 Å². The molecule has 0 saturated heterocycles. The minimum atomic E-state index is -0.0978. The van der Waals surface area contributed by atoms with E-state index >= 15 is 0 Å². The molecule has 0 saturated carbocycles. The van der Waals surface area contributed by atoms with E-state index in [1.54, 1.807) is 0 Å². The molecule has 1 amide bonds. The van der Waals surface area contributed by atoms with E-state index in [-0.39, 0.29) is 24.0 Å². The second kappa shape index (κ2) is 6.55. The molecule has 3 heteroatoms. The van der Waals surface area contributed by atoms with Crippen molar-refractivity contribution in [2.45, 2.75) is 38.6 Å². The van der Waals surface area contributed by atoms with Gasteiger partial charge in [0.2, 0.25) is 5.91 Å². The molecule has 3 nitrogen and oxygen atoms in total. The van der Waals surface area contributed by atoms with Gasteiger partial charge in [0.05, 0.1) is 0 Å². The first-order valence-electron chi connectivity index (χ1n) is 6.36. The number of hydrogen-bond acceptors (Lipinski definition) is 2. The van der Waals surface area contributed by atoms with E-state index < -0.39 is 0 Å². The van der Waals surface area contributed by atoms with Crippen molar-refractivity contribution in [1.29, 1.82) is 0 Å². The zero-order valence-electron chi connectivity index (χ0n) is 11.7. The van der Waals surface area contributed by atoms with Crippen molar-refractivity contribution in [2.24, 2.45) is 0 Å². The lowest BCUT2D eigenvalue weighted by atomic mass is 9.76. The lowest BCUT2D eigenvalue weighted by Gasteiger charge is -2.35. The molecular weight excluding hydrogens is 226 g/mol. The van der Waals surface area contributed by atoms with Gasteiger partial charge in [0, 0.05) is 18.6 Å². The van der Waals surface area contributed by atoms with E-state index in [2.05, 4.69) is 38.2 Å². The Morgan fingerprint density at radius 3 is 2.44 bits per heavy atom. The number of hydrogen-bond donors (Lipinski definition) is 1. The zero-order valence-corrected chi connectivity index (χ0v) is 11.7. The third-order valence-electron chi connectivity index (χ3n) is 3.41. The molecule has 1 aromatic rings. The van der Waals surface area contributed by atoms with E-state index in [1.165, 1.54) is 12.7 Å². The summed E-state index contributed by atoms with van der Waals surface area (Å²) in [6.07, 6.45) is 0.886. The van der Waals surface area contributed by atoms with Crippen LogP contribution in [0.25, 0.3) is 0 Å². The molecule has 0 radical (unpaired) electrons. The Morgan fingerprint density at radius 1 is 1.33 bits per heavy atom. The molecule has 0 spiro atoms. The number of ether oxygens (including phenoxy) is 1. The Balaban J connectivity index is 2.83. The SMILES string of the molecule is CCC(NC(=O)COC)C(C)(C)c1ccccc1. The number of carbonyl (C=O) groups is 1. The van der Waals surface area contributed by atoms with Gasteiger partial charge in [-0.3, -0.25) is 4.79 Å². The number of carbonyl (C=O) groups excluding carboxylic acids is 1. The maximum Gasteiger partial charge on any atom is 0.246 e. The summed E-state index contributed by atoms with van der Waals surface area (Å²) in [5.74, 6) is -0.0617. The first-order valence-corrected chi connectivity index (χ1v) is 6.36. The fourth-order valence-corrected chi connectivity index (χ4v) is 2.23. The summed E-state index contributed by atoms with van der Waals surface area (Å²) in [4.78, 5) is 11.7. The quantitative estimate of drug-likeness (QED) is 0.841. The Kier molecular flexibility index (Phi) is 5.35. The Morgan fingerprint density at radius 2 is 1.94 bits per heavy atom. The van der Waals surface area contributed by atoms with E-state index in [4.69, 9.17) is 4.74 Å². The first-order chi connectivity index (χ1) is 8.52. The van der Waals surface area contributed by atoms with Crippen LogP contribution in [0.1, 0.15) is 32.8 Å². The lowest BCUT2D eigenvalue weighted by Crippen LogP contribution is -2.48. The molecule has 1 atom stereocenters. The van der Waals surface area contributed by atoms with Crippen LogP contribution >= 0.6 is 0 Å². The largest absolute Gasteiger partial charge is 0.375 e. The number of methoxy groups -OCH3 is 1. The molecular formula is C15H23NO2. The second-order valence-corrected chi connectivity index (χ2v) is 5.05. The highest BCUT2D eigenvalue weighted by Gasteiger charge is 2.30. The van der Waals surface area contributed by atoms with Crippen molar-refractivity contribution < 1.29 is 9.53 Å². The molecule has 1 aromatic carbocycles. The normalized spacial score (nSPS) is 13.1. The maximum absolute atomic E-state index is 11.7. The molecule has 100 valence electrons. The third kappa shape index (κ3) is 3.57. The van der Waals surface area contributed by atoms with Crippen LogP contribution in [-0.2, 0) is 14.9 Å². The van der Waals surface area contributed by atoms with Crippen LogP contribution in [-0.4, -0.2) is 25.7 Å². The van der Waals surface area contributed by atoms with Gasteiger partial charge < -0.3 is 10.1 Å². The van der Waals surface area contributed by atoms with Gasteiger partial charge in [0.1, 0.15) is 6.61 Å². The van der Waals surface area contributed by atoms with Crippen molar-refractivity contribution >= 4 is 5.91 Å². The summed E-state index contributed by atoms with van der Waals surface area (Å²) in [5.41, 5.74) is 1.13. The lowest BCUT2D eigenvalue weighted by molar-refractivity contribution is -0.125. The fourth-order valence-electron chi connectivity index (χ4n) is 2.23. The fraction of sp³-hybridized carbons (Fsp3) is 0.533. The van der Waals surface area contributed by atoms with Crippen LogP contribution in [0.4, 0.5) is 0 Å². The molecule has 1 unspecified atom stereocenters. The number of benzene rings is 1. The molecule has 0 heterocycles. The molecule has 0 fully saturated rings. The van der Waals surface area contributed by atoms with Gasteiger partial charge in [0.15, 0.2) is 0 Å². The highest BCUT2D eigenvalue weighted by molar-refractivity contribution is 5.77. The average molecular weight is 249 g/mol. The van der Waals surface area contributed by atoms with Crippen molar-refractivity contribution in [3.63, 3.8) is 0 Å². The van der Waals surface area contributed by atoms with E-state index in [0.717, 1.165) is 6.42 Å². The first kappa shape index (κ1) is 14.7. The molecule has 1 rings (SSSR count). The highest BCUT2D eigenvalue weighted by atomic mass is 16.5. The van der Waals surface area contributed by atoms with Crippen LogP contribution < -0.4 is 5.32 Å². The predicted molar refractivity (Wildman–Crippen MR) is 73.6 cm³/mol. The van der Waals surface area contributed by atoms with Gasteiger partial charge in [-0.1, -0.05) is 51.1 Å². The Bertz CT molecular complexity index is 373. The van der Waals surface area contributed by atoms with Gasteiger partial charge in [-0.25, -0.2) is 0 Å². The molecule has 18 heavy (non-hydrogen) atoms. The minimum absolute atomic E-state index is 0.0617. The van der Waals surface area contributed by atoms with Crippen LogP contribution in [0.5, 0.6) is 0 Å². The maximum atomic E-state index is 11.7. The summed E-state index contributed by atoms with van der Waals surface area (Å²) >= 11 is 0. The second-order valence-electron chi connectivity index (χ2n) is 5.05. The van der Waals surface area contributed by atoms with Crippen LogP contribution in [0.3, 0.4) is 0 Å². The van der Waals surface area contributed by atoms with Crippen LogP contribution in [0.15, 0.2) is 30.3 Å². The van der Waals surface area contributed by atoms with Gasteiger partial charge in [-0.2, -0.15) is 0 Å². The molecule has 0 aliphatic carbocycles. The van der Waals surface area contributed by atoms with Gasteiger partial charge >= 0.3 is 0 Å². The van der Waals surface area contributed by atoms with Gasteiger partial charge in [-0.05, 0) is 12.0 Å². The van der Waals surface area contributed by atoms with E-state index in [0.29, 0.717) is 0 Å². The summed E-state index contributed by atoms with van der Waals surface area (Å²) in [5, 5.41) is 3.04. The van der Waals surface area contributed by atoms with Crippen molar-refractivity contribution in [2.75, 3.05) is 13.7 Å². The smallest absolute Gasteiger partial charge is 0.246 e. The standard InChI is InChI=1S/C15H23NO2/c1-5-13(16-14(17)11-18-4)15(2,3)12-9-7-6-8-10-12/h6-10,13H,5,11H2,1-4H3,(H,16,17). The number of amides is 1. The topological polar surface area (TPSA) is 38.3 Å². The Labute approximate surface area is 110 Å². The van der Waals surface area contributed by atoms with Crippen LogP contribution in [0.2, 0.25) is 0 Å². The number of rotatable bonds is 6. The summed E-state index contributed by atoms with van der Waals surface area (Å²) in [7, 11) is 1.53. The van der Waals surface area contributed by atoms with E-state index in [1.807, 2.05) is 18.2 Å². The highest BCUT2D eigenvalue weighted by Crippen LogP contribution is 2.28. The summed E-state index contributed by atoms with van der Waals surface area (Å²) in [6, 6.07) is 10.4. The molecule has 0 aliphatic heterocycles. The van der Waals surface area contributed by atoms with Gasteiger partial charge in [-0.15, -0.1) is 0 Å². The summed E-state index contributed by atoms with van der Waals surface area (Å²) in [6.45, 7) is 6.51. The minimum Gasteiger partial charge on any atom is -0.375 e. The predicted octanol–water partition coefficient (Wildman–Crippen LogP) is 2.51. The average Bonchev–Trinajstić information content (AvgIpc) is 2.37. The molecule has 1 N–H and O–H groups in total. The van der Waals surface area contributed by atoms with Crippen molar-refractivity contribution in [3.05, 3.63) is 35.9 Å². The molecule has 0 aromatic heterocycles. The monoisotopic (exact) mass is 249 g/mol. The van der Waals surface area contributed by atoms with Crippen molar-refractivity contribution in [1.82, 2.24) is 5.32 Å². The molecule has 0 bridgehead atoms. The summed E-state index contributed by atoms with van der Waals surface area (Å²) < 4.78 is 4.86. The molecule has 0 aliphatic rings. The Hall–Kier alpha value is -1.35. The number of nitrogens with one attached hydrogen (secondary N) is 1. The van der Waals surface area contributed by atoms with E-state index in [9.17, 15) is 4.79 Å². The zero-order chi connectivity index (χ0) is 13.6. The third-order valence-corrected chi connectivity index (χ3v) is 3.41.